The van der Waals surface area contributed by atoms with E-state index in [0.717, 1.165) is 31.5 Å². The van der Waals surface area contributed by atoms with E-state index in [4.69, 9.17) is 4.98 Å². The lowest BCUT2D eigenvalue weighted by molar-refractivity contribution is -0.121. The molecule has 4 rings (SSSR count). The summed E-state index contributed by atoms with van der Waals surface area (Å²) >= 11 is 0. The van der Waals surface area contributed by atoms with E-state index >= 15 is 0 Å². The van der Waals surface area contributed by atoms with Gasteiger partial charge in [-0.25, -0.2) is 4.98 Å². The molecule has 1 amide bonds. The van der Waals surface area contributed by atoms with E-state index in [2.05, 4.69) is 10.2 Å². The van der Waals surface area contributed by atoms with Gasteiger partial charge in [-0.15, -0.1) is 0 Å². The Balaban J connectivity index is 1.54. The van der Waals surface area contributed by atoms with E-state index in [1.54, 1.807) is 10.6 Å². The monoisotopic (exact) mass is 390 g/mol. The number of benzene rings is 2. The first-order valence-corrected chi connectivity index (χ1v) is 10.3. The van der Waals surface area contributed by atoms with E-state index in [-0.39, 0.29) is 17.9 Å². The minimum atomic E-state index is -0.0768. The molecule has 0 aliphatic carbocycles. The van der Waals surface area contributed by atoms with Gasteiger partial charge in [0, 0.05) is 32.6 Å². The minimum absolute atomic E-state index is 0.0708. The van der Waals surface area contributed by atoms with Crippen molar-refractivity contribution in [3.8, 4) is 0 Å². The highest BCUT2D eigenvalue weighted by molar-refractivity contribution is 5.79. The predicted molar refractivity (Wildman–Crippen MR) is 115 cm³/mol. The quantitative estimate of drug-likeness (QED) is 0.702. The predicted octanol–water partition coefficient (Wildman–Crippen LogP) is 3.09. The third-order valence-corrected chi connectivity index (χ3v) is 5.38. The van der Waals surface area contributed by atoms with Crippen LogP contribution in [0.25, 0.3) is 10.9 Å². The molecule has 29 heavy (non-hydrogen) atoms. The van der Waals surface area contributed by atoms with E-state index in [9.17, 15) is 9.59 Å². The minimum Gasteiger partial charge on any atom is -0.352 e. The molecule has 2 aromatic carbocycles. The Morgan fingerprint density at radius 3 is 2.48 bits per heavy atom. The first kappa shape index (κ1) is 19.2. The first-order valence-electron chi connectivity index (χ1n) is 10.3. The lowest BCUT2D eigenvalue weighted by atomic mass is 10.1. The van der Waals surface area contributed by atoms with E-state index in [1.807, 2.05) is 48.5 Å². The lowest BCUT2D eigenvalue weighted by Gasteiger charge is -2.29. The van der Waals surface area contributed by atoms with Gasteiger partial charge < -0.3 is 10.2 Å². The SMILES string of the molecule is O=C(CCn1c(N2CCCCC2)nc2ccccc2c1=O)NCc1ccccc1. The van der Waals surface area contributed by atoms with Crippen molar-refractivity contribution >= 4 is 22.8 Å². The smallest absolute Gasteiger partial charge is 0.262 e. The third kappa shape index (κ3) is 4.47. The number of nitrogens with one attached hydrogen (secondary N) is 1. The number of nitrogens with zero attached hydrogens (tertiary/aromatic N) is 3. The summed E-state index contributed by atoms with van der Waals surface area (Å²) in [4.78, 5) is 32.5. The maximum absolute atomic E-state index is 13.1. The molecular weight excluding hydrogens is 364 g/mol. The number of aromatic nitrogens is 2. The summed E-state index contributed by atoms with van der Waals surface area (Å²) < 4.78 is 1.68. The average Bonchev–Trinajstić information content (AvgIpc) is 2.78. The van der Waals surface area contributed by atoms with Crippen LogP contribution in [-0.2, 0) is 17.9 Å². The molecule has 1 aromatic heterocycles. The molecule has 2 heterocycles. The number of hydrogen-bond donors (Lipinski definition) is 1. The zero-order chi connectivity index (χ0) is 20.1. The van der Waals surface area contributed by atoms with Crippen molar-refractivity contribution in [2.75, 3.05) is 18.0 Å². The molecule has 1 fully saturated rings. The second-order valence-corrected chi connectivity index (χ2v) is 7.45. The molecule has 150 valence electrons. The summed E-state index contributed by atoms with van der Waals surface area (Å²) in [5.41, 5.74) is 1.69. The highest BCUT2D eigenvalue weighted by atomic mass is 16.2. The molecule has 6 nitrogen and oxygen atoms in total. The summed E-state index contributed by atoms with van der Waals surface area (Å²) in [5.74, 6) is 0.614. The van der Waals surface area contributed by atoms with Gasteiger partial charge in [-0.3, -0.25) is 14.2 Å². The summed E-state index contributed by atoms with van der Waals surface area (Å²) in [7, 11) is 0. The summed E-state index contributed by atoms with van der Waals surface area (Å²) in [6.45, 7) is 2.60. The average molecular weight is 390 g/mol. The van der Waals surface area contributed by atoms with Crippen LogP contribution < -0.4 is 15.8 Å². The number of amides is 1. The van der Waals surface area contributed by atoms with Crippen molar-refractivity contribution in [3.63, 3.8) is 0 Å². The van der Waals surface area contributed by atoms with E-state index in [0.29, 0.717) is 29.9 Å². The molecule has 0 atom stereocenters. The van der Waals surface area contributed by atoms with Crippen LogP contribution in [0.4, 0.5) is 5.95 Å². The Labute approximate surface area is 170 Å². The number of piperidine rings is 1. The summed E-state index contributed by atoms with van der Waals surface area (Å²) in [6.07, 6.45) is 3.64. The van der Waals surface area contributed by atoms with Crippen molar-refractivity contribution in [1.29, 1.82) is 0 Å². The van der Waals surface area contributed by atoms with Crippen LogP contribution in [0.15, 0.2) is 59.4 Å². The van der Waals surface area contributed by atoms with Crippen LogP contribution in [0.2, 0.25) is 0 Å². The fourth-order valence-corrected chi connectivity index (χ4v) is 3.79. The van der Waals surface area contributed by atoms with Crippen molar-refractivity contribution in [2.45, 2.75) is 38.8 Å². The second-order valence-electron chi connectivity index (χ2n) is 7.45. The van der Waals surface area contributed by atoms with Gasteiger partial charge in [0.1, 0.15) is 0 Å². The normalized spacial score (nSPS) is 14.1. The zero-order valence-corrected chi connectivity index (χ0v) is 16.5. The second kappa shape index (κ2) is 8.90. The molecule has 1 saturated heterocycles. The molecule has 1 aliphatic heterocycles. The van der Waals surface area contributed by atoms with Crippen LogP contribution in [0.3, 0.4) is 0 Å². The van der Waals surface area contributed by atoms with Gasteiger partial charge in [0.15, 0.2) is 0 Å². The van der Waals surface area contributed by atoms with Crippen molar-refractivity contribution in [1.82, 2.24) is 14.9 Å². The number of fused-ring (bicyclic) bond motifs is 1. The zero-order valence-electron chi connectivity index (χ0n) is 16.5. The number of rotatable bonds is 6. The number of anilines is 1. The molecular formula is C23H26N4O2. The van der Waals surface area contributed by atoms with Crippen LogP contribution in [0, 0.1) is 0 Å². The third-order valence-electron chi connectivity index (χ3n) is 5.38. The Bertz CT molecular complexity index is 1040. The Morgan fingerprint density at radius 1 is 0.966 bits per heavy atom. The number of para-hydroxylation sites is 1. The molecule has 0 bridgehead atoms. The van der Waals surface area contributed by atoms with Crippen LogP contribution in [0.5, 0.6) is 0 Å². The molecule has 1 aliphatic rings. The van der Waals surface area contributed by atoms with Gasteiger partial charge in [0.05, 0.1) is 10.9 Å². The van der Waals surface area contributed by atoms with Crippen LogP contribution >= 0.6 is 0 Å². The molecule has 1 N–H and O–H groups in total. The fraction of sp³-hybridized carbons (Fsp3) is 0.348. The first-order chi connectivity index (χ1) is 14.2. The van der Waals surface area contributed by atoms with Gasteiger partial charge in [0.2, 0.25) is 11.9 Å². The molecule has 3 aromatic rings. The number of carbonyl (C=O) groups excluding carboxylic acids is 1. The van der Waals surface area contributed by atoms with Crippen molar-refractivity contribution in [3.05, 3.63) is 70.5 Å². The number of hydrogen-bond acceptors (Lipinski definition) is 4. The maximum Gasteiger partial charge on any atom is 0.262 e. The molecule has 0 saturated carbocycles. The highest BCUT2D eigenvalue weighted by Crippen LogP contribution is 2.19. The van der Waals surface area contributed by atoms with E-state index < -0.39 is 0 Å². The standard InChI is InChI=1S/C23H26N4O2/c28-21(24-17-18-9-3-1-4-10-18)13-16-27-22(29)19-11-5-6-12-20(19)25-23(27)26-14-7-2-8-15-26/h1,3-6,9-12H,2,7-8,13-17H2,(H,24,28). The van der Waals surface area contributed by atoms with Gasteiger partial charge in [-0.2, -0.15) is 0 Å². The van der Waals surface area contributed by atoms with Gasteiger partial charge in [-0.1, -0.05) is 42.5 Å². The van der Waals surface area contributed by atoms with Crippen LogP contribution in [-0.4, -0.2) is 28.5 Å². The van der Waals surface area contributed by atoms with E-state index in [1.165, 1.54) is 6.42 Å². The Morgan fingerprint density at radius 2 is 1.69 bits per heavy atom. The molecule has 0 radical (unpaired) electrons. The van der Waals surface area contributed by atoms with Crippen molar-refractivity contribution < 1.29 is 4.79 Å². The topological polar surface area (TPSA) is 67.2 Å². The maximum atomic E-state index is 13.1. The Kier molecular flexibility index (Phi) is 5.89. The lowest BCUT2D eigenvalue weighted by Crippen LogP contribution is -2.37. The molecule has 0 unspecified atom stereocenters. The van der Waals surface area contributed by atoms with Gasteiger partial charge >= 0.3 is 0 Å². The van der Waals surface area contributed by atoms with Gasteiger partial charge in [0.25, 0.3) is 5.56 Å². The van der Waals surface area contributed by atoms with Gasteiger partial charge in [-0.05, 0) is 37.0 Å². The largest absolute Gasteiger partial charge is 0.352 e. The highest BCUT2D eigenvalue weighted by Gasteiger charge is 2.19. The summed E-state index contributed by atoms with van der Waals surface area (Å²) in [5, 5.41) is 3.53. The molecule has 0 spiro atoms. The molecule has 6 heteroatoms. The van der Waals surface area contributed by atoms with Crippen molar-refractivity contribution in [2.24, 2.45) is 0 Å². The fourth-order valence-electron chi connectivity index (χ4n) is 3.79. The Hall–Kier alpha value is -3.15. The van der Waals surface area contributed by atoms with Crippen LogP contribution in [0.1, 0.15) is 31.2 Å². The number of carbonyl (C=O) groups is 1. The summed E-state index contributed by atoms with van der Waals surface area (Å²) in [6, 6.07) is 17.2.